The minimum absolute atomic E-state index is 0.0416. The van der Waals surface area contributed by atoms with Gasteiger partial charge in [-0.25, -0.2) is 4.79 Å². The molecule has 1 N–H and O–H groups in total. The molecule has 0 unspecified atom stereocenters. The molecular weight excluding hydrogens is 342 g/mol. The van der Waals surface area contributed by atoms with Crippen LogP contribution in [0.5, 0.6) is 0 Å². The van der Waals surface area contributed by atoms with E-state index in [1.54, 1.807) is 0 Å². The van der Waals surface area contributed by atoms with Gasteiger partial charge < -0.3 is 10.1 Å². The molecule has 2 aliphatic rings. The van der Waals surface area contributed by atoms with Gasteiger partial charge >= 0.3 is 5.97 Å². The van der Waals surface area contributed by atoms with Crippen LogP contribution in [0.2, 0.25) is 0 Å². The van der Waals surface area contributed by atoms with Crippen molar-refractivity contribution in [3.63, 3.8) is 0 Å². The quantitative estimate of drug-likeness (QED) is 0.597. The number of nitrogens with one attached hydrogen (secondary N) is 1. The normalized spacial score (nSPS) is 24.3. The van der Waals surface area contributed by atoms with E-state index >= 15 is 0 Å². The van der Waals surface area contributed by atoms with Crippen molar-refractivity contribution < 1.29 is 19.1 Å². The van der Waals surface area contributed by atoms with Crippen LogP contribution in [0.25, 0.3) is 0 Å². The number of hydrogen-bond acceptors (Lipinski definition) is 4. The smallest absolute Gasteiger partial charge is 0.329 e. The Morgan fingerprint density at radius 2 is 2.00 bits per heavy atom. The first-order valence-corrected chi connectivity index (χ1v) is 9.60. The highest BCUT2D eigenvalue weighted by molar-refractivity contribution is 5.98. The van der Waals surface area contributed by atoms with Crippen molar-refractivity contribution in [3.8, 4) is 23.7 Å². The first-order valence-electron chi connectivity index (χ1n) is 9.60. The predicted octanol–water partition coefficient (Wildman–Crippen LogP) is 2.40. The second kappa shape index (κ2) is 9.97. The van der Waals surface area contributed by atoms with Gasteiger partial charge in [-0.3, -0.25) is 9.59 Å². The third-order valence-corrected chi connectivity index (χ3v) is 5.27. The Morgan fingerprint density at radius 3 is 2.67 bits per heavy atom. The number of rotatable bonds is 5. The number of fused-ring (bicyclic) bond motifs is 1. The summed E-state index contributed by atoms with van der Waals surface area (Å²) in [6, 6.07) is -0.850. The van der Waals surface area contributed by atoms with Crippen molar-refractivity contribution in [2.24, 2.45) is 17.8 Å². The van der Waals surface area contributed by atoms with Crippen LogP contribution in [0.3, 0.4) is 0 Å². The molecule has 0 saturated heterocycles. The van der Waals surface area contributed by atoms with Gasteiger partial charge in [0.05, 0.1) is 7.11 Å². The zero-order chi connectivity index (χ0) is 19.8. The molecule has 4 atom stereocenters. The Labute approximate surface area is 161 Å². The summed E-state index contributed by atoms with van der Waals surface area (Å²) in [5.41, 5.74) is 0.636. The number of allylic oxidation sites excluding steroid dienone is 1. The van der Waals surface area contributed by atoms with Gasteiger partial charge in [0, 0.05) is 30.8 Å². The number of ether oxygens (including phenoxy) is 1. The van der Waals surface area contributed by atoms with E-state index in [1.807, 2.05) is 13.0 Å². The van der Waals surface area contributed by atoms with Gasteiger partial charge in [0.2, 0.25) is 5.91 Å². The zero-order valence-corrected chi connectivity index (χ0v) is 16.3. The molecule has 5 nitrogen and oxygen atoms in total. The molecule has 0 aromatic rings. The number of hydrogen-bond donors (Lipinski definition) is 1. The van der Waals surface area contributed by atoms with E-state index in [-0.39, 0.29) is 35.9 Å². The summed E-state index contributed by atoms with van der Waals surface area (Å²) in [7, 11) is 1.28. The fourth-order valence-electron chi connectivity index (χ4n) is 3.78. The Bertz CT molecular complexity index is 744. The molecule has 1 fully saturated rings. The molecule has 1 amide bonds. The number of esters is 1. The predicted molar refractivity (Wildman–Crippen MR) is 102 cm³/mol. The average Bonchev–Trinajstić information content (AvgIpc) is 3.06. The van der Waals surface area contributed by atoms with Crippen LogP contribution >= 0.6 is 0 Å². The molecule has 2 aliphatic carbocycles. The van der Waals surface area contributed by atoms with Crippen LogP contribution < -0.4 is 5.32 Å². The Morgan fingerprint density at radius 1 is 1.26 bits per heavy atom. The molecule has 0 aliphatic heterocycles. The van der Waals surface area contributed by atoms with Gasteiger partial charge in [-0.1, -0.05) is 31.8 Å². The molecule has 144 valence electrons. The lowest BCUT2D eigenvalue weighted by molar-refractivity contribution is -0.144. The Kier molecular flexibility index (Phi) is 7.67. The molecule has 2 rings (SSSR count). The lowest BCUT2D eigenvalue weighted by Crippen LogP contribution is -2.44. The van der Waals surface area contributed by atoms with E-state index < -0.39 is 12.0 Å². The van der Waals surface area contributed by atoms with Gasteiger partial charge in [0.15, 0.2) is 0 Å². The van der Waals surface area contributed by atoms with E-state index in [9.17, 15) is 14.4 Å². The number of amides is 1. The molecule has 5 heteroatoms. The van der Waals surface area contributed by atoms with Gasteiger partial charge in [-0.2, -0.15) is 0 Å². The Hall–Kier alpha value is -2.53. The molecule has 0 heterocycles. The largest absolute Gasteiger partial charge is 0.467 e. The number of carbonyl (C=O) groups excluding carboxylic acids is 3. The number of carbonyl (C=O) groups is 3. The summed E-state index contributed by atoms with van der Waals surface area (Å²) < 4.78 is 4.79. The lowest BCUT2D eigenvalue weighted by Gasteiger charge is -2.30. The third-order valence-electron chi connectivity index (χ3n) is 5.27. The topological polar surface area (TPSA) is 72.5 Å². The second-order valence-corrected chi connectivity index (χ2v) is 6.95. The van der Waals surface area contributed by atoms with Crippen LogP contribution in [-0.2, 0) is 19.1 Å². The monoisotopic (exact) mass is 369 g/mol. The third kappa shape index (κ3) is 5.23. The number of Topliss-reactive ketones (excluding diaryl/α,β-unsaturated/α-hetero) is 1. The first kappa shape index (κ1) is 20.8. The van der Waals surface area contributed by atoms with E-state index in [2.05, 4.69) is 35.9 Å². The zero-order valence-electron chi connectivity index (χ0n) is 16.3. The first-order chi connectivity index (χ1) is 13.0. The maximum atomic E-state index is 12.9. The summed E-state index contributed by atoms with van der Waals surface area (Å²) in [5.74, 6) is 10.5. The second-order valence-electron chi connectivity index (χ2n) is 6.95. The average molecular weight is 369 g/mol. The van der Waals surface area contributed by atoms with E-state index in [0.29, 0.717) is 24.8 Å². The molecule has 0 radical (unpaired) electrons. The van der Waals surface area contributed by atoms with Crippen molar-refractivity contribution in [2.45, 2.75) is 58.4 Å². The van der Waals surface area contributed by atoms with Crippen molar-refractivity contribution in [3.05, 3.63) is 11.6 Å². The maximum Gasteiger partial charge on any atom is 0.329 e. The summed E-state index contributed by atoms with van der Waals surface area (Å²) >= 11 is 0. The minimum Gasteiger partial charge on any atom is -0.467 e. The van der Waals surface area contributed by atoms with Gasteiger partial charge in [-0.05, 0) is 42.9 Å². The van der Waals surface area contributed by atoms with E-state index in [0.717, 1.165) is 12.8 Å². The number of methoxy groups -OCH3 is 1. The van der Waals surface area contributed by atoms with Crippen LogP contribution in [0, 0.1) is 41.4 Å². The van der Waals surface area contributed by atoms with E-state index in [1.165, 1.54) is 7.11 Å². The van der Waals surface area contributed by atoms with Crippen molar-refractivity contribution in [1.82, 2.24) is 5.32 Å². The summed E-state index contributed by atoms with van der Waals surface area (Å²) in [6.07, 6.45) is 5.76. The molecule has 0 aromatic heterocycles. The van der Waals surface area contributed by atoms with Crippen LogP contribution in [0.15, 0.2) is 11.6 Å². The maximum absolute atomic E-state index is 12.9. The van der Waals surface area contributed by atoms with Gasteiger partial charge in [0.25, 0.3) is 0 Å². The number of ketones is 1. The molecule has 0 spiro atoms. The SMILES string of the molecule is CCC#CC#CC[C@H](NC(=O)C1=C[C@H](CC)C[C@@H]2C(=O)CC[C@H]12)C(=O)OC. The molecule has 27 heavy (non-hydrogen) atoms. The summed E-state index contributed by atoms with van der Waals surface area (Å²) in [5, 5.41) is 2.76. The molecule has 1 saturated carbocycles. The Balaban J connectivity index is 2.14. The van der Waals surface area contributed by atoms with E-state index in [4.69, 9.17) is 4.74 Å². The van der Waals surface area contributed by atoms with Gasteiger partial charge in [0.1, 0.15) is 11.8 Å². The highest BCUT2D eigenvalue weighted by Crippen LogP contribution is 2.43. The van der Waals surface area contributed by atoms with Gasteiger partial charge in [-0.15, -0.1) is 0 Å². The fraction of sp³-hybridized carbons (Fsp3) is 0.591. The highest BCUT2D eigenvalue weighted by atomic mass is 16.5. The standard InChI is InChI=1S/C22H27NO4/c1-4-6-7-8-9-10-19(22(26)27-3)23-21(25)18-14-15(5-2)13-17-16(18)11-12-20(17)24/h14-17,19H,4-5,10-13H2,1-3H3,(H,23,25)/t15-,16+,17+,19+/m1/s1. The molecule has 0 aromatic carbocycles. The fourth-order valence-corrected chi connectivity index (χ4v) is 3.78. The highest BCUT2D eigenvalue weighted by Gasteiger charge is 2.43. The van der Waals surface area contributed by atoms with Crippen LogP contribution in [0.1, 0.15) is 52.4 Å². The van der Waals surface area contributed by atoms with Crippen LogP contribution in [0.4, 0.5) is 0 Å². The van der Waals surface area contributed by atoms with Crippen molar-refractivity contribution >= 4 is 17.7 Å². The van der Waals surface area contributed by atoms with Crippen LogP contribution in [-0.4, -0.2) is 30.8 Å². The molecule has 0 bridgehead atoms. The summed E-state index contributed by atoms with van der Waals surface area (Å²) in [4.78, 5) is 37.1. The lowest BCUT2D eigenvalue weighted by atomic mass is 9.74. The van der Waals surface area contributed by atoms with Crippen molar-refractivity contribution in [2.75, 3.05) is 7.11 Å². The van der Waals surface area contributed by atoms with Crippen molar-refractivity contribution in [1.29, 1.82) is 0 Å². The molecular formula is C22H27NO4. The summed E-state index contributed by atoms with van der Waals surface area (Å²) in [6.45, 7) is 3.98. The minimum atomic E-state index is -0.850.